The maximum absolute atomic E-state index is 13.9. The van der Waals surface area contributed by atoms with Gasteiger partial charge in [0.25, 0.3) is 0 Å². The molecule has 1 aliphatic rings. The van der Waals surface area contributed by atoms with Gasteiger partial charge in [-0.3, -0.25) is 4.21 Å². The van der Waals surface area contributed by atoms with Gasteiger partial charge >= 0.3 is 0 Å². The summed E-state index contributed by atoms with van der Waals surface area (Å²) in [5.41, 5.74) is 1.60. The van der Waals surface area contributed by atoms with Crippen LogP contribution in [0.15, 0.2) is 34.9 Å². The molecule has 1 aromatic carbocycles. The van der Waals surface area contributed by atoms with Crippen LogP contribution in [0.25, 0.3) is 11.3 Å². The van der Waals surface area contributed by atoms with Gasteiger partial charge in [0.1, 0.15) is 17.2 Å². The first-order valence-electron chi connectivity index (χ1n) is 9.19. The lowest BCUT2D eigenvalue weighted by Crippen LogP contribution is -2.37. The predicted molar refractivity (Wildman–Crippen MR) is 99.5 cm³/mol. The van der Waals surface area contributed by atoms with E-state index in [1.54, 1.807) is 12.1 Å². The van der Waals surface area contributed by atoms with Crippen molar-refractivity contribution in [3.05, 3.63) is 36.1 Å². The summed E-state index contributed by atoms with van der Waals surface area (Å²) in [6.45, 7) is 2.23. The van der Waals surface area contributed by atoms with Crippen LogP contribution in [0.5, 0.6) is 5.75 Å². The number of nitrogens with zero attached hydrogens (tertiary/aromatic N) is 1. The van der Waals surface area contributed by atoms with Crippen LogP contribution in [-0.4, -0.2) is 33.0 Å². The van der Waals surface area contributed by atoms with E-state index in [0.717, 1.165) is 17.0 Å². The first-order valence-corrected chi connectivity index (χ1v) is 10.3. The molecule has 28 heavy (non-hydrogen) atoms. The summed E-state index contributed by atoms with van der Waals surface area (Å²) in [5, 5.41) is 3.95. The maximum Gasteiger partial charge on any atom is 0.248 e. The SMILES string of the molecule is Cc1cc(-c2ccc(OC[C@@H]3CC(F)(F)CC[C@H]3CCNS(=O)[O-])cc2)no1. The number of benzene rings is 1. The number of hydrogen-bond donors (Lipinski definition) is 1. The molecule has 9 heteroatoms. The van der Waals surface area contributed by atoms with Crippen molar-refractivity contribution in [3.8, 4) is 17.0 Å². The molecule has 6 nitrogen and oxygen atoms in total. The lowest BCUT2D eigenvalue weighted by Gasteiger charge is -2.36. The standard InChI is InChI=1S/C19H24F2N2O4S/c1-13-10-18(23-27-13)15-2-4-17(5-3-15)26-12-16-11-19(20,21)8-6-14(16)7-9-22-28(24)25/h2-5,10,14,16,22H,6-9,11-12H2,1H3,(H,24,25)/p-1/t14-,16-/m0/s1. The van der Waals surface area contributed by atoms with E-state index in [1.807, 2.05) is 25.1 Å². The predicted octanol–water partition coefficient (Wildman–Crippen LogP) is 3.85. The van der Waals surface area contributed by atoms with E-state index >= 15 is 0 Å². The van der Waals surface area contributed by atoms with Crippen molar-refractivity contribution in [3.63, 3.8) is 0 Å². The second-order valence-electron chi connectivity index (χ2n) is 7.19. The van der Waals surface area contributed by atoms with Gasteiger partial charge in [0.2, 0.25) is 5.92 Å². The van der Waals surface area contributed by atoms with Crippen LogP contribution in [0.3, 0.4) is 0 Å². The minimum Gasteiger partial charge on any atom is -0.760 e. The molecule has 0 saturated heterocycles. The third kappa shape index (κ3) is 5.83. The Morgan fingerprint density at radius 1 is 1.36 bits per heavy atom. The minimum atomic E-state index is -2.70. The molecule has 1 N–H and O–H groups in total. The van der Waals surface area contributed by atoms with Crippen LogP contribution in [0, 0.1) is 18.8 Å². The van der Waals surface area contributed by atoms with Gasteiger partial charge in [0, 0.05) is 48.2 Å². The van der Waals surface area contributed by atoms with Crippen LogP contribution in [0.2, 0.25) is 0 Å². The molecule has 0 aliphatic heterocycles. The number of aryl methyl sites for hydroxylation is 1. The number of halogens is 2. The van der Waals surface area contributed by atoms with Crippen molar-refractivity contribution in [2.45, 2.75) is 38.5 Å². The van der Waals surface area contributed by atoms with Crippen molar-refractivity contribution in [2.24, 2.45) is 11.8 Å². The summed E-state index contributed by atoms with van der Waals surface area (Å²) in [6, 6.07) is 9.06. The average molecular weight is 413 g/mol. The third-order valence-corrected chi connectivity index (χ3v) is 5.53. The highest BCUT2D eigenvalue weighted by atomic mass is 32.2. The summed E-state index contributed by atoms with van der Waals surface area (Å²) in [5.74, 6) is -1.73. The topological polar surface area (TPSA) is 87.4 Å². The Bertz CT molecular complexity index is 797. The Balaban J connectivity index is 1.58. The Morgan fingerprint density at radius 2 is 2.11 bits per heavy atom. The molecule has 1 aromatic heterocycles. The second kappa shape index (κ2) is 9.11. The molecule has 1 saturated carbocycles. The molecule has 0 radical (unpaired) electrons. The fourth-order valence-corrected chi connectivity index (χ4v) is 3.90. The lowest BCUT2D eigenvalue weighted by molar-refractivity contribution is -0.0776. The van der Waals surface area contributed by atoms with Crippen molar-refractivity contribution < 1.29 is 26.8 Å². The Kier molecular flexibility index (Phi) is 6.79. The van der Waals surface area contributed by atoms with Gasteiger partial charge in [-0.15, -0.1) is 0 Å². The molecule has 2 aromatic rings. The Hall–Kier alpha value is -1.84. The molecule has 1 aliphatic carbocycles. The Labute approximate surface area is 165 Å². The normalized spacial score (nSPS) is 22.7. The van der Waals surface area contributed by atoms with E-state index in [9.17, 15) is 17.5 Å². The van der Waals surface area contributed by atoms with Crippen molar-refractivity contribution >= 4 is 11.3 Å². The molecule has 1 unspecified atom stereocenters. The van der Waals surface area contributed by atoms with Crippen molar-refractivity contribution in [1.82, 2.24) is 9.88 Å². The molecular weight excluding hydrogens is 390 g/mol. The first-order chi connectivity index (χ1) is 13.3. The van der Waals surface area contributed by atoms with E-state index in [1.165, 1.54) is 0 Å². The van der Waals surface area contributed by atoms with E-state index in [-0.39, 0.29) is 37.8 Å². The van der Waals surface area contributed by atoms with Gasteiger partial charge in [-0.05, 0) is 49.9 Å². The zero-order valence-corrected chi connectivity index (χ0v) is 16.3. The highest BCUT2D eigenvalue weighted by molar-refractivity contribution is 7.77. The van der Waals surface area contributed by atoms with E-state index in [2.05, 4.69) is 9.88 Å². The first kappa shape index (κ1) is 20.9. The molecule has 0 amide bonds. The molecule has 1 fully saturated rings. The van der Waals surface area contributed by atoms with E-state index in [0.29, 0.717) is 18.6 Å². The molecule has 1 heterocycles. The number of rotatable bonds is 8. The summed E-state index contributed by atoms with van der Waals surface area (Å²) in [4.78, 5) is 0. The largest absolute Gasteiger partial charge is 0.760 e. The fourth-order valence-electron chi connectivity index (χ4n) is 3.61. The van der Waals surface area contributed by atoms with Crippen LogP contribution in [-0.2, 0) is 11.3 Å². The highest BCUT2D eigenvalue weighted by Gasteiger charge is 2.41. The van der Waals surface area contributed by atoms with E-state index < -0.39 is 17.2 Å². The molecule has 154 valence electrons. The van der Waals surface area contributed by atoms with Crippen molar-refractivity contribution in [1.29, 1.82) is 0 Å². The summed E-state index contributed by atoms with van der Waals surface area (Å²) < 4.78 is 62.1. The van der Waals surface area contributed by atoms with Gasteiger partial charge in [0.15, 0.2) is 0 Å². The molecule has 0 bridgehead atoms. The van der Waals surface area contributed by atoms with Crippen molar-refractivity contribution in [2.75, 3.05) is 13.2 Å². The van der Waals surface area contributed by atoms with Gasteiger partial charge in [-0.2, -0.15) is 0 Å². The quantitative estimate of drug-likeness (QED) is 0.664. The van der Waals surface area contributed by atoms with Crippen LogP contribution in [0.1, 0.15) is 31.4 Å². The molecule has 0 spiro atoms. The maximum atomic E-state index is 13.9. The number of aromatic nitrogens is 1. The second-order valence-corrected chi connectivity index (χ2v) is 7.95. The smallest absolute Gasteiger partial charge is 0.248 e. The molecule has 3 atom stereocenters. The lowest BCUT2D eigenvalue weighted by atomic mass is 9.76. The zero-order chi connectivity index (χ0) is 20.1. The van der Waals surface area contributed by atoms with Crippen LogP contribution >= 0.6 is 0 Å². The van der Waals surface area contributed by atoms with E-state index in [4.69, 9.17) is 9.26 Å². The highest BCUT2D eigenvalue weighted by Crippen LogP contribution is 2.41. The number of nitrogens with one attached hydrogen (secondary N) is 1. The number of hydrogen-bond acceptors (Lipinski definition) is 5. The summed E-state index contributed by atoms with van der Waals surface area (Å²) >= 11 is -2.34. The average Bonchev–Trinajstić information content (AvgIpc) is 3.08. The van der Waals surface area contributed by atoms with Gasteiger partial charge in [0.05, 0.1) is 6.61 Å². The number of ether oxygens (including phenoxy) is 1. The number of alkyl halides is 2. The summed E-state index contributed by atoms with van der Waals surface area (Å²) in [7, 11) is 0. The fraction of sp³-hybridized carbons (Fsp3) is 0.526. The van der Waals surface area contributed by atoms with Gasteiger partial charge in [-0.1, -0.05) is 5.16 Å². The minimum absolute atomic E-state index is 0.00643. The van der Waals surface area contributed by atoms with Gasteiger partial charge in [-0.25, -0.2) is 13.5 Å². The molecular formula is C19H23F2N2O4S-. The van der Waals surface area contributed by atoms with Crippen LogP contribution < -0.4 is 9.46 Å². The third-order valence-electron chi connectivity index (χ3n) is 5.09. The summed E-state index contributed by atoms with van der Waals surface area (Å²) in [6.07, 6.45) is 0.468. The Morgan fingerprint density at radius 3 is 2.75 bits per heavy atom. The zero-order valence-electron chi connectivity index (χ0n) is 15.5. The van der Waals surface area contributed by atoms with Crippen LogP contribution in [0.4, 0.5) is 8.78 Å². The van der Waals surface area contributed by atoms with Gasteiger partial charge < -0.3 is 13.8 Å². The monoisotopic (exact) mass is 413 g/mol. The molecule has 3 rings (SSSR count).